The molecule has 3 nitrogen and oxygen atoms in total. The van der Waals surface area contributed by atoms with Crippen molar-refractivity contribution < 1.29 is 18.3 Å². The van der Waals surface area contributed by atoms with E-state index in [2.05, 4.69) is 5.32 Å². The van der Waals surface area contributed by atoms with Crippen LogP contribution in [0.4, 0.5) is 4.39 Å². The van der Waals surface area contributed by atoms with Crippen molar-refractivity contribution in [2.75, 3.05) is 13.6 Å². The van der Waals surface area contributed by atoms with Gasteiger partial charge in [-0.15, -0.1) is 0 Å². The van der Waals surface area contributed by atoms with E-state index in [1.807, 2.05) is 0 Å². The molecule has 0 amide bonds. The quantitative estimate of drug-likeness (QED) is 0.806. The summed E-state index contributed by atoms with van der Waals surface area (Å²) in [6.45, 7) is 2.29. The Hall–Kier alpha value is -1.13. The van der Waals surface area contributed by atoms with Gasteiger partial charge in [-0.05, 0) is 37.1 Å². The van der Waals surface area contributed by atoms with Crippen LogP contribution in [0.3, 0.4) is 0 Å². The van der Waals surface area contributed by atoms with Crippen molar-refractivity contribution in [1.29, 1.82) is 0 Å². The van der Waals surface area contributed by atoms with Crippen molar-refractivity contribution >= 4 is 0 Å². The summed E-state index contributed by atoms with van der Waals surface area (Å²) in [6.07, 6.45) is -0.0306. The molecule has 1 heterocycles. The van der Waals surface area contributed by atoms with Crippen molar-refractivity contribution in [3.8, 4) is 5.75 Å². The van der Waals surface area contributed by atoms with E-state index in [9.17, 15) is 9.50 Å². The Kier molecular flexibility index (Phi) is 2.21. The normalized spacial score (nSPS) is 28.3. The van der Waals surface area contributed by atoms with Crippen LogP contribution in [0.25, 0.3) is 0 Å². The third-order valence-electron chi connectivity index (χ3n) is 3.00. The zero-order valence-electron chi connectivity index (χ0n) is 12.0. The van der Waals surface area contributed by atoms with Crippen molar-refractivity contribution in [3.05, 3.63) is 29.1 Å². The van der Waals surface area contributed by atoms with E-state index in [1.165, 1.54) is 6.07 Å². The highest BCUT2D eigenvalue weighted by atomic mass is 19.1. The zero-order valence-corrected chi connectivity index (χ0v) is 8.96. The second-order valence-electron chi connectivity index (χ2n) is 4.01. The van der Waals surface area contributed by atoms with Crippen LogP contribution in [-0.4, -0.2) is 24.8 Å². The van der Waals surface area contributed by atoms with Gasteiger partial charge in [0.1, 0.15) is 11.6 Å². The summed E-state index contributed by atoms with van der Waals surface area (Å²) >= 11 is 0. The molecule has 1 aromatic rings. The van der Waals surface area contributed by atoms with Gasteiger partial charge in [-0.25, -0.2) is 4.39 Å². The van der Waals surface area contributed by atoms with E-state index in [0.29, 0.717) is 24.1 Å². The van der Waals surface area contributed by atoms with E-state index in [1.54, 1.807) is 6.92 Å². The number of hydrogen-bond donors (Lipinski definition) is 2. The molecule has 2 N–H and O–H groups in total. The number of nitrogens with one attached hydrogen (secondary N) is 1. The molecule has 1 saturated heterocycles. The largest absolute Gasteiger partial charge is 0.496 e. The molecule has 1 fully saturated rings. The molecule has 2 atom stereocenters. The molecule has 16 heavy (non-hydrogen) atoms. The molecular weight excluding hydrogens is 209 g/mol. The van der Waals surface area contributed by atoms with Gasteiger partial charge in [0.25, 0.3) is 0 Å². The molecule has 88 valence electrons. The van der Waals surface area contributed by atoms with Gasteiger partial charge in [-0.1, -0.05) is 0 Å². The van der Waals surface area contributed by atoms with E-state index < -0.39 is 25.0 Å². The molecule has 0 spiro atoms. The predicted octanol–water partition coefficient (Wildman–Crippen LogP) is 1.54. The predicted molar refractivity (Wildman–Crippen MR) is 59.1 cm³/mol. The van der Waals surface area contributed by atoms with Gasteiger partial charge < -0.3 is 15.2 Å². The summed E-state index contributed by atoms with van der Waals surface area (Å²) in [5.41, 5.74) is 1.06. The second-order valence-corrected chi connectivity index (χ2v) is 4.01. The number of hydrogen-bond acceptors (Lipinski definition) is 3. The molecule has 1 aliphatic rings. The average Bonchev–Trinajstić information content (AvgIpc) is 2.67. The number of aliphatic hydroxyl groups is 1. The van der Waals surface area contributed by atoms with Crippen LogP contribution >= 0.6 is 0 Å². The van der Waals surface area contributed by atoms with Crippen molar-refractivity contribution in [2.24, 2.45) is 0 Å². The summed E-state index contributed by atoms with van der Waals surface area (Å²) in [6, 6.07) is 1.95. The maximum Gasteiger partial charge on any atom is 0.127 e. The van der Waals surface area contributed by atoms with E-state index in [-0.39, 0.29) is 5.75 Å². The van der Waals surface area contributed by atoms with Gasteiger partial charge in [0.15, 0.2) is 0 Å². The molecule has 0 unspecified atom stereocenters. The van der Waals surface area contributed by atoms with E-state index in [0.717, 1.165) is 6.07 Å². The SMILES string of the molecule is [2H]C([2H])([2H])Oc1cc(F)cc([C@H]2NCC[C@H]2O)c1C. The molecule has 2 rings (SSSR count). The highest BCUT2D eigenvalue weighted by Gasteiger charge is 2.28. The summed E-state index contributed by atoms with van der Waals surface area (Å²) in [5.74, 6) is -0.600. The van der Waals surface area contributed by atoms with Crippen molar-refractivity contribution in [2.45, 2.75) is 25.5 Å². The Morgan fingerprint density at radius 3 is 3.06 bits per heavy atom. The number of benzene rings is 1. The Morgan fingerprint density at radius 1 is 1.62 bits per heavy atom. The fraction of sp³-hybridized carbons (Fsp3) is 0.500. The molecule has 0 aliphatic carbocycles. The Balaban J connectivity index is 2.39. The summed E-state index contributed by atoms with van der Waals surface area (Å²) in [4.78, 5) is 0. The smallest absolute Gasteiger partial charge is 0.127 e. The van der Waals surface area contributed by atoms with Gasteiger partial charge in [0.05, 0.1) is 23.3 Å². The molecule has 0 bridgehead atoms. The van der Waals surface area contributed by atoms with Crippen LogP contribution in [0.1, 0.15) is 27.7 Å². The Morgan fingerprint density at radius 2 is 2.44 bits per heavy atom. The zero-order chi connectivity index (χ0) is 14.2. The molecule has 1 aliphatic heterocycles. The van der Waals surface area contributed by atoms with E-state index >= 15 is 0 Å². The molecule has 4 heteroatoms. The molecule has 0 radical (unpaired) electrons. The van der Waals surface area contributed by atoms with E-state index in [4.69, 9.17) is 8.85 Å². The van der Waals surface area contributed by atoms with Gasteiger partial charge in [0, 0.05) is 6.07 Å². The second kappa shape index (κ2) is 4.39. The first kappa shape index (κ1) is 8.03. The lowest BCUT2D eigenvalue weighted by molar-refractivity contribution is 0.159. The van der Waals surface area contributed by atoms with Crippen LogP contribution in [0, 0.1) is 12.7 Å². The van der Waals surface area contributed by atoms with Gasteiger partial charge in [-0.2, -0.15) is 0 Å². The lowest BCUT2D eigenvalue weighted by Gasteiger charge is -2.19. The van der Waals surface area contributed by atoms with Gasteiger partial charge in [0.2, 0.25) is 0 Å². The Bertz CT molecular complexity index is 479. The van der Waals surface area contributed by atoms with Crippen molar-refractivity contribution in [1.82, 2.24) is 5.32 Å². The first-order valence-corrected chi connectivity index (χ1v) is 5.18. The first-order valence-electron chi connectivity index (χ1n) is 6.68. The fourth-order valence-corrected chi connectivity index (χ4v) is 2.11. The molecule has 0 aromatic heterocycles. The number of aliphatic hydroxyl groups excluding tert-OH is 1. The minimum absolute atomic E-state index is 0.0177. The minimum atomic E-state index is -2.63. The maximum atomic E-state index is 13.6. The molecule has 1 aromatic carbocycles. The summed E-state index contributed by atoms with van der Waals surface area (Å²) < 4.78 is 39.6. The number of methoxy groups -OCH3 is 1. The first-order chi connectivity index (χ1) is 8.78. The number of ether oxygens (including phenoxy) is 1. The summed E-state index contributed by atoms with van der Waals surface area (Å²) in [5, 5.41) is 12.9. The highest BCUT2D eigenvalue weighted by Crippen LogP contribution is 2.31. The van der Waals surface area contributed by atoms with Crippen LogP contribution in [-0.2, 0) is 0 Å². The number of halogens is 1. The number of rotatable bonds is 2. The maximum absolute atomic E-state index is 13.6. The average molecular weight is 228 g/mol. The fourth-order valence-electron chi connectivity index (χ4n) is 2.11. The monoisotopic (exact) mass is 228 g/mol. The third kappa shape index (κ3) is 1.90. The topological polar surface area (TPSA) is 41.5 Å². The van der Waals surface area contributed by atoms with Gasteiger partial charge in [-0.3, -0.25) is 0 Å². The Labute approximate surface area is 98.5 Å². The molecular formula is C12H16FNO2. The van der Waals surface area contributed by atoms with Gasteiger partial charge >= 0.3 is 0 Å². The lowest BCUT2D eigenvalue weighted by atomic mass is 9.97. The van der Waals surface area contributed by atoms with Crippen molar-refractivity contribution in [3.63, 3.8) is 0 Å². The van der Waals surface area contributed by atoms with Crippen LogP contribution in [0.5, 0.6) is 5.75 Å². The van der Waals surface area contributed by atoms with Crippen LogP contribution in [0.15, 0.2) is 12.1 Å². The third-order valence-corrected chi connectivity index (χ3v) is 3.00. The minimum Gasteiger partial charge on any atom is -0.496 e. The van der Waals surface area contributed by atoms with Crippen LogP contribution < -0.4 is 10.1 Å². The standard InChI is InChI=1S/C12H16FNO2/c1-7-9(12-10(15)3-4-14-12)5-8(13)6-11(7)16-2/h5-6,10,12,14-15H,3-4H2,1-2H3/t10-,12-/m1/s1/i2D3. The van der Waals surface area contributed by atoms with Crippen LogP contribution in [0.2, 0.25) is 0 Å². The highest BCUT2D eigenvalue weighted by molar-refractivity contribution is 5.42. The molecule has 0 saturated carbocycles. The lowest BCUT2D eigenvalue weighted by Crippen LogP contribution is -2.22. The summed E-state index contributed by atoms with van der Waals surface area (Å²) in [7, 11) is -2.63.